The van der Waals surface area contributed by atoms with Crippen LogP contribution in [-0.2, 0) is 17.8 Å². The molecule has 0 aliphatic rings. The van der Waals surface area contributed by atoms with E-state index in [9.17, 15) is 0 Å². The van der Waals surface area contributed by atoms with Crippen molar-refractivity contribution in [3.05, 3.63) is 53.1 Å². The molecule has 2 N–H and O–H groups in total. The van der Waals surface area contributed by atoms with Crippen LogP contribution >= 0.6 is 0 Å². The predicted molar refractivity (Wildman–Crippen MR) is 120 cm³/mol. The second-order valence-corrected chi connectivity index (χ2v) is 6.65. The van der Waals surface area contributed by atoms with Gasteiger partial charge in [0.2, 0.25) is 0 Å². The molecule has 0 aliphatic carbocycles. The van der Waals surface area contributed by atoms with Gasteiger partial charge in [-0.3, -0.25) is 4.99 Å². The van der Waals surface area contributed by atoms with Crippen molar-refractivity contribution in [3.8, 4) is 17.2 Å². The molecule has 2 aromatic rings. The second-order valence-electron chi connectivity index (χ2n) is 6.65. The van der Waals surface area contributed by atoms with Crippen LogP contribution in [0.15, 0.2) is 41.4 Å². The van der Waals surface area contributed by atoms with Crippen LogP contribution in [0.3, 0.4) is 0 Å². The summed E-state index contributed by atoms with van der Waals surface area (Å²) >= 11 is 0. The minimum Gasteiger partial charge on any atom is -0.493 e. The third-order valence-electron chi connectivity index (χ3n) is 4.43. The first-order valence-electron chi connectivity index (χ1n) is 10.1. The zero-order chi connectivity index (χ0) is 21.8. The summed E-state index contributed by atoms with van der Waals surface area (Å²) in [7, 11) is 5.05. The fourth-order valence-electron chi connectivity index (χ4n) is 2.86. The van der Waals surface area contributed by atoms with Gasteiger partial charge in [0.15, 0.2) is 17.5 Å². The number of aryl methyl sites for hydroxylation is 1. The first-order chi connectivity index (χ1) is 14.6. The molecule has 0 aromatic heterocycles. The highest BCUT2D eigenvalue weighted by Gasteiger charge is 2.08. The van der Waals surface area contributed by atoms with Crippen LogP contribution < -0.4 is 24.8 Å². The Morgan fingerprint density at radius 2 is 1.70 bits per heavy atom. The van der Waals surface area contributed by atoms with Gasteiger partial charge in [-0.25, -0.2) is 0 Å². The highest BCUT2D eigenvalue weighted by Crippen LogP contribution is 2.28. The number of rotatable bonds is 11. The summed E-state index contributed by atoms with van der Waals surface area (Å²) in [6, 6.07) is 12.1. The topological polar surface area (TPSA) is 73.3 Å². The highest BCUT2D eigenvalue weighted by molar-refractivity contribution is 5.79. The molecule has 2 rings (SSSR count). The van der Waals surface area contributed by atoms with Crippen molar-refractivity contribution in [3.63, 3.8) is 0 Å². The van der Waals surface area contributed by atoms with E-state index in [0.29, 0.717) is 38.9 Å². The molecule has 0 heterocycles. The molecule has 7 heteroatoms. The molecule has 0 radical (unpaired) electrons. The number of hydrogen-bond acceptors (Lipinski definition) is 5. The summed E-state index contributed by atoms with van der Waals surface area (Å²) < 4.78 is 21.9. The van der Waals surface area contributed by atoms with Crippen LogP contribution in [-0.4, -0.2) is 47.0 Å². The van der Waals surface area contributed by atoms with Crippen molar-refractivity contribution >= 4 is 5.96 Å². The Morgan fingerprint density at radius 1 is 0.900 bits per heavy atom. The van der Waals surface area contributed by atoms with Gasteiger partial charge in [0.25, 0.3) is 0 Å². The lowest BCUT2D eigenvalue weighted by Crippen LogP contribution is -2.36. The van der Waals surface area contributed by atoms with Gasteiger partial charge in [-0.2, -0.15) is 0 Å². The van der Waals surface area contributed by atoms with E-state index in [1.165, 1.54) is 0 Å². The second kappa shape index (κ2) is 12.6. The van der Waals surface area contributed by atoms with Gasteiger partial charge in [-0.05, 0) is 43.2 Å². The average Bonchev–Trinajstić information content (AvgIpc) is 2.75. The van der Waals surface area contributed by atoms with Gasteiger partial charge >= 0.3 is 0 Å². The van der Waals surface area contributed by atoms with Crippen molar-refractivity contribution in [2.75, 3.05) is 41.1 Å². The quantitative estimate of drug-likeness (QED) is 0.333. The molecule has 0 spiro atoms. The minimum atomic E-state index is 0.513. The molecular weight excluding hydrogens is 382 g/mol. The molecule has 0 fully saturated rings. The van der Waals surface area contributed by atoms with E-state index in [-0.39, 0.29) is 0 Å². The third kappa shape index (κ3) is 7.15. The molecule has 0 saturated carbocycles. The van der Waals surface area contributed by atoms with E-state index in [1.54, 1.807) is 21.3 Å². The monoisotopic (exact) mass is 415 g/mol. The fourth-order valence-corrected chi connectivity index (χ4v) is 2.86. The number of ether oxygens (including phenoxy) is 4. The molecular formula is C23H33N3O4. The van der Waals surface area contributed by atoms with E-state index in [0.717, 1.165) is 33.9 Å². The zero-order valence-electron chi connectivity index (χ0n) is 18.6. The van der Waals surface area contributed by atoms with Crippen molar-refractivity contribution in [1.82, 2.24) is 10.6 Å². The van der Waals surface area contributed by atoms with Gasteiger partial charge in [0.1, 0.15) is 12.4 Å². The van der Waals surface area contributed by atoms with Gasteiger partial charge in [-0.15, -0.1) is 0 Å². The van der Waals surface area contributed by atoms with E-state index in [2.05, 4.69) is 27.8 Å². The van der Waals surface area contributed by atoms with Crippen LogP contribution in [0.5, 0.6) is 17.2 Å². The molecule has 2 aromatic carbocycles. The van der Waals surface area contributed by atoms with E-state index in [1.807, 2.05) is 38.1 Å². The average molecular weight is 416 g/mol. The standard InChI is InChI=1S/C23H33N3O4/c1-6-29-22-14-18(8-10-20(22)28-5)15-25-23(24-3)26-16-19-9-7-17(2)13-21(19)30-12-11-27-4/h7-10,13-14H,6,11-12,15-16H2,1-5H3,(H2,24,25,26). The Labute approximate surface area is 179 Å². The van der Waals surface area contributed by atoms with Crippen LogP contribution in [0.4, 0.5) is 0 Å². The summed E-state index contributed by atoms with van der Waals surface area (Å²) in [6.07, 6.45) is 0. The number of benzene rings is 2. The predicted octanol–water partition coefficient (Wildman–Crippen LogP) is 3.29. The molecule has 0 amide bonds. The smallest absolute Gasteiger partial charge is 0.191 e. The number of methoxy groups -OCH3 is 2. The first-order valence-corrected chi connectivity index (χ1v) is 10.1. The number of aliphatic imine (C=N–C) groups is 1. The fraction of sp³-hybridized carbons (Fsp3) is 0.435. The Balaban J connectivity index is 1.96. The molecule has 0 aliphatic heterocycles. The molecule has 0 unspecified atom stereocenters. The SMILES string of the molecule is CCOc1cc(CNC(=NC)NCc2ccc(C)cc2OCCOC)ccc1OC. The summed E-state index contributed by atoms with van der Waals surface area (Å²) in [6.45, 7) is 6.85. The van der Waals surface area contributed by atoms with Crippen LogP contribution in [0.2, 0.25) is 0 Å². The van der Waals surface area contributed by atoms with E-state index in [4.69, 9.17) is 18.9 Å². The summed E-state index contributed by atoms with van der Waals surface area (Å²) in [4.78, 5) is 4.31. The van der Waals surface area contributed by atoms with E-state index < -0.39 is 0 Å². The van der Waals surface area contributed by atoms with Crippen molar-refractivity contribution in [2.45, 2.75) is 26.9 Å². The zero-order valence-corrected chi connectivity index (χ0v) is 18.6. The summed E-state index contributed by atoms with van der Waals surface area (Å²) in [5.74, 6) is 3.02. The van der Waals surface area contributed by atoms with Gasteiger partial charge in [0, 0.05) is 32.8 Å². The summed E-state index contributed by atoms with van der Waals surface area (Å²) in [5, 5.41) is 6.67. The lowest BCUT2D eigenvalue weighted by atomic mass is 10.1. The third-order valence-corrected chi connectivity index (χ3v) is 4.43. The minimum absolute atomic E-state index is 0.513. The molecule has 7 nitrogen and oxygen atoms in total. The van der Waals surface area contributed by atoms with Crippen LogP contribution in [0, 0.1) is 6.92 Å². The van der Waals surface area contributed by atoms with Crippen molar-refractivity contribution in [2.24, 2.45) is 4.99 Å². The Morgan fingerprint density at radius 3 is 2.40 bits per heavy atom. The maximum atomic E-state index is 5.86. The normalized spacial score (nSPS) is 11.2. The Bertz CT molecular complexity index is 824. The Hall–Kier alpha value is -2.93. The maximum absolute atomic E-state index is 5.86. The van der Waals surface area contributed by atoms with E-state index >= 15 is 0 Å². The summed E-state index contributed by atoms with van der Waals surface area (Å²) in [5.41, 5.74) is 3.28. The molecule has 0 saturated heterocycles. The van der Waals surface area contributed by atoms with Gasteiger partial charge in [-0.1, -0.05) is 18.2 Å². The van der Waals surface area contributed by atoms with Gasteiger partial charge < -0.3 is 29.6 Å². The first kappa shape index (κ1) is 23.3. The van der Waals surface area contributed by atoms with Crippen molar-refractivity contribution in [1.29, 1.82) is 0 Å². The molecule has 30 heavy (non-hydrogen) atoms. The van der Waals surface area contributed by atoms with Crippen LogP contribution in [0.1, 0.15) is 23.6 Å². The molecule has 0 bridgehead atoms. The number of hydrogen-bond donors (Lipinski definition) is 2. The molecule has 0 atom stereocenters. The number of guanidine groups is 1. The Kier molecular flexibility index (Phi) is 9.80. The largest absolute Gasteiger partial charge is 0.493 e. The van der Waals surface area contributed by atoms with Crippen LogP contribution in [0.25, 0.3) is 0 Å². The number of nitrogens with zero attached hydrogens (tertiary/aromatic N) is 1. The highest BCUT2D eigenvalue weighted by atomic mass is 16.5. The van der Waals surface area contributed by atoms with Gasteiger partial charge in [0.05, 0.1) is 20.3 Å². The lowest BCUT2D eigenvalue weighted by molar-refractivity contribution is 0.145. The molecule has 164 valence electrons. The maximum Gasteiger partial charge on any atom is 0.191 e. The van der Waals surface area contributed by atoms with Crippen molar-refractivity contribution < 1.29 is 18.9 Å². The lowest BCUT2D eigenvalue weighted by Gasteiger charge is -2.16. The number of nitrogens with one attached hydrogen (secondary N) is 2.